The van der Waals surface area contributed by atoms with Crippen LogP contribution in [0.5, 0.6) is 0 Å². The van der Waals surface area contributed by atoms with Crippen molar-refractivity contribution in [3.05, 3.63) is 34.5 Å². The summed E-state index contributed by atoms with van der Waals surface area (Å²) in [5, 5.41) is 10.2. The van der Waals surface area contributed by atoms with Crippen molar-refractivity contribution >= 4 is 10.9 Å². The van der Waals surface area contributed by atoms with E-state index in [4.69, 9.17) is 5.26 Å². The Kier molecular flexibility index (Phi) is 2.04. The molecule has 2 rings (SSSR count). The fourth-order valence-electron chi connectivity index (χ4n) is 2.27. The highest BCUT2D eigenvalue weighted by Crippen LogP contribution is 2.27. The molecule has 0 saturated heterocycles. The van der Waals surface area contributed by atoms with E-state index in [1.54, 1.807) is 0 Å². The normalized spacial score (nSPS) is 10.6. The number of aromatic nitrogens is 1. The molecule has 1 aromatic heterocycles. The highest BCUT2D eigenvalue weighted by molar-refractivity contribution is 5.90. The molecule has 0 atom stereocenters. The van der Waals surface area contributed by atoms with Crippen LogP contribution < -0.4 is 0 Å². The van der Waals surface area contributed by atoms with Gasteiger partial charge in [0.15, 0.2) is 0 Å². The first-order valence-electron chi connectivity index (χ1n) is 5.02. The average molecular weight is 198 g/mol. The highest BCUT2D eigenvalue weighted by atomic mass is 14.9. The second kappa shape index (κ2) is 3.13. The van der Waals surface area contributed by atoms with E-state index in [0.29, 0.717) is 0 Å². The highest BCUT2D eigenvalue weighted by Gasteiger charge is 2.13. The van der Waals surface area contributed by atoms with Crippen molar-refractivity contribution in [1.82, 2.24) is 4.57 Å². The molecule has 0 radical (unpaired) electrons. The fourth-order valence-corrected chi connectivity index (χ4v) is 2.27. The zero-order valence-corrected chi connectivity index (χ0v) is 9.55. The third-order valence-corrected chi connectivity index (χ3v) is 3.03. The van der Waals surface area contributed by atoms with Gasteiger partial charge in [-0.1, -0.05) is 11.6 Å². The molecule has 15 heavy (non-hydrogen) atoms. The molecule has 0 fully saturated rings. The summed E-state index contributed by atoms with van der Waals surface area (Å²) < 4.78 is 2.10. The molecule has 0 unspecified atom stereocenters. The van der Waals surface area contributed by atoms with Crippen LogP contribution in [0.15, 0.2) is 12.1 Å². The van der Waals surface area contributed by atoms with Gasteiger partial charge in [-0.15, -0.1) is 0 Å². The summed E-state index contributed by atoms with van der Waals surface area (Å²) in [7, 11) is 2.01. The summed E-state index contributed by atoms with van der Waals surface area (Å²) in [5.41, 5.74) is 5.47. The number of nitrogens with zero attached hydrogens (tertiary/aromatic N) is 2. The van der Waals surface area contributed by atoms with E-state index in [1.165, 1.54) is 16.6 Å². The summed E-state index contributed by atoms with van der Waals surface area (Å²) >= 11 is 0. The van der Waals surface area contributed by atoms with E-state index >= 15 is 0 Å². The number of rotatable bonds is 0. The molecule has 2 nitrogen and oxygen atoms in total. The smallest absolute Gasteiger partial charge is 0.102 e. The van der Waals surface area contributed by atoms with Gasteiger partial charge in [0.2, 0.25) is 0 Å². The lowest BCUT2D eigenvalue weighted by Crippen LogP contribution is -1.92. The number of nitriles is 1. The van der Waals surface area contributed by atoms with Gasteiger partial charge < -0.3 is 4.57 Å². The minimum atomic E-state index is 0.805. The van der Waals surface area contributed by atoms with Crippen LogP contribution in [0.2, 0.25) is 0 Å². The van der Waals surface area contributed by atoms with Gasteiger partial charge in [0.25, 0.3) is 0 Å². The fraction of sp³-hybridized carbons (Fsp3) is 0.308. The van der Waals surface area contributed by atoms with Gasteiger partial charge in [-0.2, -0.15) is 5.26 Å². The monoisotopic (exact) mass is 198 g/mol. The van der Waals surface area contributed by atoms with Crippen molar-refractivity contribution in [1.29, 1.82) is 5.26 Å². The lowest BCUT2D eigenvalue weighted by molar-refractivity contribution is 0.911. The van der Waals surface area contributed by atoms with E-state index in [2.05, 4.69) is 36.6 Å². The largest absolute Gasteiger partial charge is 0.346 e. The summed E-state index contributed by atoms with van der Waals surface area (Å²) in [6.45, 7) is 6.15. The third-order valence-electron chi connectivity index (χ3n) is 3.03. The topological polar surface area (TPSA) is 28.7 Å². The molecule has 1 aromatic carbocycles. The van der Waals surface area contributed by atoms with Gasteiger partial charge >= 0.3 is 0 Å². The molecule has 0 aliphatic carbocycles. The maximum absolute atomic E-state index is 9.15. The van der Waals surface area contributed by atoms with E-state index in [9.17, 15) is 0 Å². The second-order valence-corrected chi connectivity index (χ2v) is 4.11. The zero-order chi connectivity index (χ0) is 11.2. The maximum Gasteiger partial charge on any atom is 0.102 e. The van der Waals surface area contributed by atoms with Crippen LogP contribution in [0.4, 0.5) is 0 Å². The molecule has 0 saturated carbocycles. The first-order valence-corrected chi connectivity index (χ1v) is 5.02. The molecule has 0 spiro atoms. The first-order chi connectivity index (χ1) is 7.06. The van der Waals surface area contributed by atoms with Crippen LogP contribution in [0.1, 0.15) is 22.4 Å². The number of hydrogen-bond acceptors (Lipinski definition) is 1. The third kappa shape index (κ3) is 1.24. The van der Waals surface area contributed by atoms with Gasteiger partial charge in [0, 0.05) is 18.1 Å². The Bertz CT molecular complexity index is 583. The van der Waals surface area contributed by atoms with Gasteiger partial charge in [0.05, 0.1) is 11.1 Å². The zero-order valence-electron chi connectivity index (χ0n) is 9.55. The van der Waals surface area contributed by atoms with Crippen molar-refractivity contribution in [3.63, 3.8) is 0 Å². The minimum Gasteiger partial charge on any atom is -0.346 e. The van der Waals surface area contributed by atoms with Crippen LogP contribution in [-0.4, -0.2) is 4.57 Å². The van der Waals surface area contributed by atoms with E-state index in [0.717, 1.165) is 16.6 Å². The quantitative estimate of drug-likeness (QED) is 0.639. The minimum absolute atomic E-state index is 0.805. The molecule has 0 aliphatic heterocycles. The van der Waals surface area contributed by atoms with Crippen molar-refractivity contribution in [2.24, 2.45) is 7.05 Å². The second-order valence-electron chi connectivity index (χ2n) is 4.11. The lowest BCUT2D eigenvalue weighted by atomic mass is 10.1. The first kappa shape index (κ1) is 9.79. The standard InChI is InChI=1S/C13H14N2/c1-8-5-9(2)13-11(6-8)12(7-14)10(3)15(13)4/h5-6H,1-4H3. The molecule has 0 aliphatic rings. The Hall–Kier alpha value is -1.75. The van der Waals surface area contributed by atoms with Crippen molar-refractivity contribution < 1.29 is 0 Å². The van der Waals surface area contributed by atoms with Gasteiger partial charge in [-0.25, -0.2) is 0 Å². The Morgan fingerprint density at radius 1 is 1.20 bits per heavy atom. The molecule has 2 heteroatoms. The van der Waals surface area contributed by atoms with E-state index < -0.39 is 0 Å². The molecule has 0 N–H and O–H groups in total. The molecule has 0 amide bonds. The van der Waals surface area contributed by atoms with E-state index in [1.807, 2.05) is 14.0 Å². The summed E-state index contributed by atoms with van der Waals surface area (Å²) in [6, 6.07) is 6.54. The van der Waals surface area contributed by atoms with Crippen LogP contribution in [0.3, 0.4) is 0 Å². The Morgan fingerprint density at radius 2 is 1.87 bits per heavy atom. The molecular weight excluding hydrogens is 184 g/mol. The Labute approximate surface area is 89.7 Å². The van der Waals surface area contributed by atoms with Crippen LogP contribution in [0, 0.1) is 32.1 Å². The average Bonchev–Trinajstić information content (AvgIpc) is 2.39. The van der Waals surface area contributed by atoms with Gasteiger partial charge in [-0.3, -0.25) is 0 Å². The Balaban J connectivity index is 3.05. The number of hydrogen-bond donors (Lipinski definition) is 0. The maximum atomic E-state index is 9.15. The predicted octanol–water partition coefficient (Wildman–Crippen LogP) is 2.98. The SMILES string of the molecule is Cc1cc(C)c2c(c1)c(C#N)c(C)n2C. The summed E-state index contributed by atoms with van der Waals surface area (Å²) in [6.07, 6.45) is 0. The Morgan fingerprint density at radius 3 is 2.47 bits per heavy atom. The predicted molar refractivity (Wildman–Crippen MR) is 61.8 cm³/mol. The summed E-state index contributed by atoms with van der Waals surface area (Å²) in [4.78, 5) is 0. The molecular formula is C13H14N2. The van der Waals surface area contributed by atoms with Gasteiger partial charge in [0.1, 0.15) is 6.07 Å². The van der Waals surface area contributed by atoms with Crippen LogP contribution >= 0.6 is 0 Å². The number of benzene rings is 1. The molecule has 0 bridgehead atoms. The summed E-state index contributed by atoms with van der Waals surface area (Å²) in [5.74, 6) is 0. The van der Waals surface area contributed by atoms with E-state index in [-0.39, 0.29) is 0 Å². The number of fused-ring (bicyclic) bond motifs is 1. The number of aryl methyl sites for hydroxylation is 3. The van der Waals surface area contributed by atoms with Crippen LogP contribution in [-0.2, 0) is 7.05 Å². The van der Waals surface area contributed by atoms with Crippen LogP contribution in [0.25, 0.3) is 10.9 Å². The molecule has 2 aromatic rings. The lowest BCUT2D eigenvalue weighted by Gasteiger charge is -2.03. The molecule has 1 heterocycles. The van der Waals surface area contributed by atoms with Crippen molar-refractivity contribution in [2.75, 3.05) is 0 Å². The van der Waals surface area contributed by atoms with Gasteiger partial charge in [-0.05, 0) is 32.4 Å². The van der Waals surface area contributed by atoms with Crippen molar-refractivity contribution in [2.45, 2.75) is 20.8 Å². The molecule has 76 valence electrons. The van der Waals surface area contributed by atoms with Crippen molar-refractivity contribution in [3.8, 4) is 6.07 Å².